The predicted molar refractivity (Wildman–Crippen MR) is 128 cm³/mol. The van der Waals surface area contributed by atoms with E-state index in [0.717, 1.165) is 34.8 Å². The van der Waals surface area contributed by atoms with Gasteiger partial charge in [0.1, 0.15) is 17.0 Å². The molecule has 2 heterocycles. The van der Waals surface area contributed by atoms with Crippen molar-refractivity contribution < 1.29 is 17.2 Å². The van der Waals surface area contributed by atoms with Gasteiger partial charge in [-0.2, -0.15) is 4.37 Å². The first kappa shape index (κ1) is 24.0. The Bertz CT molecular complexity index is 1480. The minimum absolute atomic E-state index is 0.00965. The van der Waals surface area contributed by atoms with Gasteiger partial charge in [0.25, 0.3) is 10.0 Å². The highest BCUT2D eigenvalue weighted by Crippen LogP contribution is 2.33. The molecule has 0 amide bonds. The second-order valence-corrected chi connectivity index (χ2v) is 10.6. The molecule has 0 aliphatic rings. The predicted octanol–water partition coefficient (Wildman–Crippen LogP) is 3.69. The van der Waals surface area contributed by atoms with Gasteiger partial charge in [0.2, 0.25) is 5.13 Å². The maximum Gasteiger partial charge on any atom is 0.420 e. The lowest BCUT2D eigenvalue weighted by molar-refractivity contribution is 0.472. The van der Waals surface area contributed by atoms with Crippen molar-refractivity contribution in [2.45, 2.75) is 37.6 Å². The van der Waals surface area contributed by atoms with E-state index in [2.05, 4.69) is 27.9 Å². The van der Waals surface area contributed by atoms with Crippen LogP contribution >= 0.6 is 11.5 Å². The number of hydrogen-bond acceptors (Lipinski definition) is 8. The summed E-state index contributed by atoms with van der Waals surface area (Å²) in [5.74, 6) is -1.41. The molecule has 0 bridgehead atoms. The molecular formula is C22H24FN5O4S2. The summed E-state index contributed by atoms with van der Waals surface area (Å²) in [6, 6.07) is 9.19. The van der Waals surface area contributed by atoms with Crippen molar-refractivity contribution in [3.63, 3.8) is 0 Å². The van der Waals surface area contributed by atoms with E-state index in [4.69, 9.17) is 10.2 Å². The highest BCUT2D eigenvalue weighted by Gasteiger charge is 2.27. The summed E-state index contributed by atoms with van der Waals surface area (Å²) in [6.45, 7) is 6.44. The molecule has 0 aliphatic carbocycles. The van der Waals surface area contributed by atoms with Crippen LogP contribution in [0, 0.1) is 11.7 Å². The average Bonchev–Trinajstić information content (AvgIpc) is 3.43. The molecule has 0 spiro atoms. The van der Waals surface area contributed by atoms with Crippen LogP contribution in [0.2, 0.25) is 0 Å². The number of fused-ring (bicyclic) bond motifs is 1. The summed E-state index contributed by atoms with van der Waals surface area (Å²) in [7, 11) is -4.31. The topological polar surface area (TPSA) is 133 Å². The van der Waals surface area contributed by atoms with Gasteiger partial charge < -0.3 is 10.2 Å². The van der Waals surface area contributed by atoms with Gasteiger partial charge in [0.15, 0.2) is 5.58 Å². The number of rotatable bonds is 8. The minimum Gasteiger partial charge on any atom is -0.408 e. The van der Waals surface area contributed by atoms with Crippen LogP contribution in [0.5, 0.6) is 0 Å². The third-order valence-electron chi connectivity index (χ3n) is 6.09. The Morgan fingerprint density at radius 1 is 1.21 bits per heavy atom. The molecule has 0 radical (unpaired) electrons. The molecule has 0 saturated heterocycles. The van der Waals surface area contributed by atoms with Crippen molar-refractivity contribution in [1.29, 1.82) is 0 Å². The maximum absolute atomic E-state index is 15.0. The number of benzene rings is 2. The molecule has 2 aromatic carbocycles. The van der Waals surface area contributed by atoms with Crippen molar-refractivity contribution in [3.8, 4) is 0 Å². The van der Waals surface area contributed by atoms with E-state index in [0.29, 0.717) is 6.54 Å². The first-order chi connectivity index (χ1) is 16.1. The summed E-state index contributed by atoms with van der Waals surface area (Å²) in [5.41, 5.74) is 7.87. The third kappa shape index (κ3) is 4.36. The molecule has 9 nitrogen and oxygen atoms in total. The molecule has 180 valence electrons. The fourth-order valence-electron chi connectivity index (χ4n) is 3.95. The molecule has 0 aliphatic heterocycles. The van der Waals surface area contributed by atoms with Crippen LogP contribution < -0.4 is 16.2 Å². The summed E-state index contributed by atoms with van der Waals surface area (Å²) < 4.78 is 52.9. The zero-order valence-electron chi connectivity index (χ0n) is 18.7. The Balaban J connectivity index is 1.80. The lowest BCUT2D eigenvalue weighted by Gasteiger charge is -2.25. The smallest absolute Gasteiger partial charge is 0.408 e. The monoisotopic (exact) mass is 505 g/mol. The van der Waals surface area contributed by atoms with E-state index in [9.17, 15) is 13.2 Å². The zero-order valence-corrected chi connectivity index (χ0v) is 20.4. The Morgan fingerprint density at radius 2 is 1.91 bits per heavy atom. The number of hydrogen-bond donors (Lipinski definition) is 2. The van der Waals surface area contributed by atoms with E-state index in [1.807, 2.05) is 31.2 Å². The molecule has 3 unspecified atom stereocenters. The van der Waals surface area contributed by atoms with Gasteiger partial charge in [-0.15, -0.1) is 0 Å². The number of nitrogens with zero attached hydrogens (tertiary/aromatic N) is 3. The summed E-state index contributed by atoms with van der Waals surface area (Å²) in [6.07, 6.45) is 1.18. The van der Waals surface area contributed by atoms with E-state index in [1.54, 1.807) is 0 Å². The molecule has 34 heavy (non-hydrogen) atoms. The Labute approximate surface area is 199 Å². The number of aromatic nitrogens is 3. The summed E-state index contributed by atoms with van der Waals surface area (Å²) in [4.78, 5) is 15.9. The van der Waals surface area contributed by atoms with Gasteiger partial charge in [-0.05, 0) is 36.4 Å². The van der Waals surface area contributed by atoms with Crippen LogP contribution in [0.3, 0.4) is 0 Å². The maximum atomic E-state index is 15.0. The van der Waals surface area contributed by atoms with Crippen molar-refractivity contribution in [2.24, 2.45) is 11.7 Å². The average molecular weight is 506 g/mol. The Morgan fingerprint density at radius 3 is 2.56 bits per heavy atom. The van der Waals surface area contributed by atoms with Crippen molar-refractivity contribution in [2.75, 3.05) is 11.3 Å². The minimum atomic E-state index is -4.31. The lowest BCUT2D eigenvalue weighted by atomic mass is 9.84. The number of nitrogens with two attached hydrogens (primary N) is 1. The quantitative estimate of drug-likeness (QED) is 0.373. The zero-order chi connectivity index (χ0) is 24.6. The molecule has 3 atom stereocenters. The van der Waals surface area contributed by atoms with Crippen molar-refractivity contribution >= 4 is 37.8 Å². The van der Waals surface area contributed by atoms with Gasteiger partial charge in [0, 0.05) is 23.7 Å². The van der Waals surface area contributed by atoms with Crippen molar-refractivity contribution in [1.82, 2.24) is 13.9 Å². The van der Waals surface area contributed by atoms with Gasteiger partial charge in [-0.1, -0.05) is 38.1 Å². The lowest BCUT2D eigenvalue weighted by Crippen LogP contribution is -2.23. The Hall–Kier alpha value is -3.09. The molecule has 3 N–H and O–H groups in total. The van der Waals surface area contributed by atoms with Crippen LogP contribution in [0.15, 0.2) is 56.8 Å². The van der Waals surface area contributed by atoms with Gasteiger partial charge >= 0.3 is 5.76 Å². The molecule has 2 aromatic heterocycles. The molecule has 0 fully saturated rings. The largest absolute Gasteiger partial charge is 0.420 e. The van der Waals surface area contributed by atoms with E-state index < -0.39 is 32.5 Å². The van der Waals surface area contributed by atoms with Crippen LogP contribution in [-0.4, -0.2) is 28.9 Å². The standard InChI is InChI=1S/C22H24FN5O4S2/c1-12(10-24)13(2)15-6-4-5-7-16(15)14(3)28-18-8-17(23)20(9-19(18)32-22(28)29)34(30,31)27-21-25-11-26-33-21/h4-9,11-14H,10,24H2,1-3H3,(H,25,26,27). The Kier molecular flexibility index (Phi) is 6.56. The highest BCUT2D eigenvalue weighted by atomic mass is 32.2. The molecule has 0 saturated carbocycles. The summed E-state index contributed by atoms with van der Waals surface area (Å²) in [5, 5.41) is -0.00965. The number of anilines is 1. The number of halogens is 1. The van der Waals surface area contributed by atoms with Crippen molar-refractivity contribution in [3.05, 3.63) is 70.2 Å². The highest BCUT2D eigenvalue weighted by molar-refractivity contribution is 7.93. The molecule has 4 rings (SSSR count). The summed E-state index contributed by atoms with van der Waals surface area (Å²) >= 11 is 0.810. The van der Waals surface area contributed by atoms with E-state index in [-0.39, 0.29) is 28.1 Å². The van der Waals surface area contributed by atoms with Crippen LogP contribution in [0.1, 0.15) is 43.9 Å². The first-order valence-electron chi connectivity index (χ1n) is 10.6. The normalized spacial score (nSPS) is 14.7. The van der Waals surface area contributed by atoms with Gasteiger partial charge in [0.05, 0.1) is 11.6 Å². The fraction of sp³-hybridized carbons (Fsp3) is 0.318. The molecule has 12 heteroatoms. The van der Waals surface area contributed by atoms with Crippen LogP contribution in [0.4, 0.5) is 9.52 Å². The van der Waals surface area contributed by atoms with Gasteiger partial charge in [-0.25, -0.2) is 22.6 Å². The van der Waals surface area contributed by atoms with Crippen LogP contribution in [-0.2, 0) is 10.0 Å². The van der Waals surface area contributed by atoms with E-state index in [1.165, 1.54) is 10.9 Å². The second-order valence-electron chi connectivity index (χ2n) is 8.15. The second kappa shape index (κ2) is 9.28. The number of oxazole rings is 1. The van der Waals surface area contributed by atoms with Gasteiger partial charge in [-0.3, -0.25) is 9.29 Å². The molecule has 4 aromatic rings. The van der Waals surface area contributed by atoms with Crippen LogP contribution in [0.25, 0.3) is 11.1 Å². The number of sulfonamides is 1. The molecular weight excluding hydrogens is 481 g/mol. The first-order valence-corrected chi connectivity index (χ1v) is 12.8. The third-order valence-corrected chi connectivity index (χ3v) is 8.15. The fourth-order valence-corrected chi connectivity index (χ4v) is 5.69. The van der Waals surface area contributed by atoms with E-state index >= 15 is 4.39 Å². The number of nitrogens with one attached hydrogen (secondary N) is 1. The SMILES string of the molecule is CC(CN)C(C)c1ccccc1C(C)n1c(=O)oc2cc(S(=O)(=O)Nc3ncns3)c(F)cc21.